The van der Waals surface area contributed by atoms with Crippen LogP contribution in [0.3, 0.4) is 0 Å². The number of unbranched alkanes of at least 4 members (excludes halogenated alkanes) is 1. The van der Waals surface area contributed by atoms with Crippen LogP contribution in [0.4, 0.5) is 0 Å². The molecule has 1 amide bonds. The zero-order valence-corrected chi connectivity index (χ0v) is 13.4. The molecule has 0 saturated carbocycles. The highest BCUT2D eigenvalue weighted by Crippen LogP contribution is 2.25. The minimum atomic E-state index is -0.379. The number of hydrogen-bond donors (Lipinski definition) is 1. The Morgan fingerprint density at radius 1 is 1.25 bits per heavy atom. The van der Waals surface area contributed by atoms with Gasteiger partial charge in [0.25, 0.3) is 0 Å². The lowest BCUT2D eigenvalue weighted by Crippen LogP contribution is -2.43. The molecule has 2 atom stereocenters. The summed E-state index contributed by atoms with van der Waals surface area (Å²) in [6.45, 7) is 9.02. The molecular weight excluding hydrogens is 256 g/mol. The molecule has 118 valence electrons. The van der Waals surface area contributed by atoms with Crippen LogP contribution in [0, 0.1) is 0 Å². The van der Waals surface area contributed by atoms with Crippen LogP contribution in [0.1, 0.15) is 46.5 Å². The zero-order valence-electron chi connectivity index (χ0n) is 13.4. The summed E-state index contributed by atoms with van der Waals surface area (Å²) >= 11 is 0. The van der Waals surface area contributed by atoms with Gasteiger partial charge in [0.2, 0.25) is 5.91 Å². The summed E-state index contributed by atoms with van der Waals surface area (Å²) in [4.78, 5) is 14.4. The van der Waals surface area contributed by atoms with E-state index in [1.807, 2.05) is 11.8 Å². The fourth-order valence-corrected chi connectivity index (χ4v) is 2.53. The SMILES string of the molecule is CCC1NC(C)(CC)C(=O)N1CCCCOCCOC. The number of nitrogens with one attached hydrogen (secondary N) is 1. The molecule has 1 heterocycles. The highest BCUT2D eigenvalue weighted by atomic mass is 16.5. The molecule has 5 nitrogen and oxygen atoms in total. The third-order valence-electron chi connectivity index (χ3n) is 4.06. The first-order valence-corrected chi connectivity index (χ1v) is 7.74. The fourth-order valence-electron chi connectivity index (χ4n) is 2.53. The molecule has 20 heavy (non-hydrogen) atoms. The molecule has 0 aromatic heterocycles. The van der Waals surface area contributed by atoms with E-state index in [0.29, 0.717) is 13.2 Å². The molecule has 1 fully saturated rings. The standard InChI is InChI=1S/C15H30N2O3/c1-5-13-16-15(3,6-2)14(18)17(13)9-7-8-10-20-12-11-19-4/h13,16H,5-12H2,1-4H3. The first-order chi connectivity index (χ1) is 9.59. The molecule has 0 radical (unpaired) electrons. The Labute approximate surface area is 123 Å². The van der Waals surface area contributed by atoms with Gasteiger partial charge in [-0.15, -0.1) is 0 Å². The Kier molecular flexibility index (Phi) is 7.48. The fraction of sp³-hybridized carbons (Fsp3) is 0.933. The third kappa shape index (κ3) is 4.43. The van der Waals surface area contributed by atoms with Gasteiger partial charge < -0.3 is 14.4 Å². The molecule has 1 saturated heterocycles. The Hall–Kier alpha value is -0.650. The Bertz CT molecular complexity index is 299. The van der Waals surface area contributed by atoms with Crippen LogP contribution in [0.25, 0.3) is 0 Å². The largest absolute Gasteiger partial charge is 0.382 e. The number of ether oxygens (including phenoxy) is 2. The van der Waals surface area contributed by atoms with E-state index in [0.717, 1.165) is 38.8 Å². The molecule has 0 aliphatic carbocycles. The van der Waals surface area contributed by atoms with Crippen molar-refractivity contribution in [3.05, 3.63) is 0 Å². The maximum atomic E-state index is 12.4. The van der Waals surface area contributed by atoms with E-state index in [4.69, 9.17) is 9.47 Å². The summed E-state index contributed by atoms with van der Waals surface area (Å²) < 4.78 is 10.4. The average Bonchev–Trinajstić information content (AvgIpc) is 2.71. The molecule has 0 aromatic carbocycles. The van der Waals surface area contributed by atoms with Gasteiger partial charge in [-0.05, 0) is 32.6 Å². The molecular formula is C15H30N2O3. The molecule has 1 aliphatic rings. The van der Waals surface area contributed by atoms with Crippen molar-refractivity contribution in [1.82, 2.24) is 10.2 Å². The van der Waals surface area contributed by atoms with Crippen molar-refractivity contribution in [3.63, 3.8) is 0 Å². The van der Waals surface area contributed by atoms with Crippen LogP contribution in [0.15, 0.2) is 0 Å². The van der Waals surface area contributed by atoms with Gasteiger partial charge in [-0.1, -0.05) is 13.8 Å². The van der Waals surface area contributed by atoms with Crippen LogP contribution in [-0.2, 0) is 14.3 Å². The third-order valence-corrected chi connectivity index (χ3v) is 4.06. The van der Waals surface area contributed by atoms with Gasteiger partial charge in [0.15, 0.2) is 0 Å². The van der Waals surface area contributed by atoms with Crippen LogP contribution in [0.2, 0.25) is 0 Å². The first kappa shape index (κ1) is 17.4. The highest BCUT2D eigenvalue weighted by molar-refractivity contribution is 5.88. The van der Waals surface area contributed by atoms with E-state index in [9.17, 15) is 4.79 Å². The number of nitrogens with zero attached hydrogens (tertiary/aromatic N) is 1. The van der Waals surface area contributed by atoms with E-state index in [1.54, 1.807) is 7.11 Å². The lowest BCUT2D eigenvalue weighted by molar-refractivity contribution is -0.133. The Morgan fingerprint density at radius 3 is 2.60 bits per heavy atom. The zero-order chi connectivity index (χ0) is 15.0. The van der Waals surface area contributed by atoms with E-state index in [2.05, 4.69) is 19.2 Å². The summed E-state index contributed by atoms with van der Waals surface area (Å²) in [5.41, 5.74) is -0.379. The first-order valence-electron chi connectivity index (χ1n) is 7.74. The monoisotopic (exact) mass is 286 g/mol. The maximum absolute atomic E-state index is 12.4. The van der Waals surface area contributed by atoms with Crippen molar-refractivity contribution in [2.45, 2.75) is 58.2 Å². The van der Waals surface area contributed by atoms with Crippen molar-refractivity contribution in [2.24, 2.45) is 0 Å². The van der Waals surface area contributed by atoms with Crippen LogP contribution >= 0.6 is 0 Å². The number of amides is 1. The maximum Gasteiger partial charge on any atom is 0.243 e. The number of methoxy groups -OCH3 is 1. The van der Waals surface area contributed by atoms with Crippen LogP contribution in [0.5, 0.6) is 0 Å². The Morgan fingerprint density at radius 2 is 2.00 bits per heavy atom. The van der Waals surface area contributed by atoms with Crippen molar-refractivity contribution in [3.8, 4) is 0 Å². The molecule has 0 aromatic rings. The van der Waals surface area contributed by atoms with Crippen LogP contribution in [-0.4, -0.2) is 56.0 Å². The smallest absolute Gasteiger partial charge is 0.243 e. The minimum absolute atomic E-state index is 0.182. The highest BCUT2D eigenvalue weighted by Gasteiger charge is 2.45. The molecule has 0 bridgehead atoms. The quantitative estimate of drug-likeness (QED) is 0.622. The number of rotatable bonds is 10. The Balaban J connectivity index is 2.29. The molecule has 2 unspecified atom stereocenters. The summed E-state index contributed by atoms with van der Waals surface area (Å²) in [7, 11) is 1.67. The second-order valence-corrected chi connectivity index (χ2v) is 5.56. The van der Waals surface area contributed by atoms with Crippen molar-refractivity contribution >= 4 is 5.91 Å². The van der Waals surface area contributed by atoms with Crippen molar-refractivity contribution < 1.29 is 14.3 Å². The lowest BCUT2D eigenvalue weighted by atomic mass is 9.99. The van der Waals surface area contributed by atoms with Gasteiger partial charge in [-0.3, -0.25) is 10.1 Å². The minimum Gasteiger partial charge on any atom is -0.382 e. The van der Waals surface area contributed by atoms with Crippen molar-refractivity contribution in [2.75, 3.05) is 33.5 Å². The van der Waals surface area contributed by atoms with E-state index in [1.165, 1.54) is 0 Å². The summed E-state index contributed by atoms with van der Waals surface area (Å²) in [6.07, 6.45) is 3.93. The number of hydrogen-bond acceptors (Lipinski definition) is 4. The molecule has 1 rings (SSSR count). The van der Waals surface area contributed by atoms with Gasteiger partial charge in [-0.25, -0.2) is 0 Å². The topological polar surface area (TPSA) is 50.8 Å². The number of carbonyl (C=O) groups is 1. The normalized spacial score (nSPS) is 26.5. The summed E-state index contributed by atoms with van der Waals surface area (Å²) in [5.74, 6) is 0.243. The van der Waals surface area contributed by atoms with Crippen LogP contribution < -0.4 is 5.32 Å². The van der Waals surface area contributed by atoms with E-state index < -0.39 is 0 Å². The molecule has 5 heteroatoms. The average molecular weight is 286 g/mol. The van der Waals surface area contributed by atoms with Gasteiger partial charge >= 0.3 is 0 Å². The summed E-state index contributed by atoms with van der Waals surface area (Å²) in [6, 6.07) is 0. The molecule has 1 N–H and O–H groups in total. The molecule has 1 aliphatic heterocycles. The second kappa shape index (κ2) is 8.60. The predicted molar refractivity (Wildman–Crippen MR) is 79.6 cm³/mol. The van der Waals surface area contributed by atoms with Gasteiger partial charge in [0, 0.05) is 20.3 Å². The second-order valence-electron chi connectivity index (χ2n) is 5.56. The molecule has 0 spiro atoms. The van der Waals surface area contributed by atoms with Gasteiger partial charge in [-0.2, -0.15) is 0 Å². The van der Waals surface area contributed by atoms with E-state index in [-0.39, 0.29) is 17.6 Å². The summed E-state index contributed by atoms with van der Waals surface area (Å²) in [5, 5.41) is 3.46. The van der Waals surface area contributed by atoms with Crippen molar-refractivity contribution in [1.29, 1.82) is 0 Å². The van der Waals surface area contributed by atoms with Gasteiger partial charge in [0.1, 0.15) is 0 Å². The van der Waals surface area contributed by atoms with Gasteiger partial charge in [0.05, 0.1) is 24.9 Å². The lowest BCUT2D eigenvalue weighted by Gasteiger charge is -2.23. The predicted octanol–water partition coefficient (Wildman–Crippen LogP) is 1.77. The number of carbonyl (C=O) groups excluding carboxylic acids is 1. The van der Waals surface area contributed by atoms with E-state index >= 15 is 0 Å².